The van der Waals surface area contributed by atoms with E-state index >= 15 is 0 Å². The molecule has 3 atom stereocenters. The van der Waals surface area contributed by atoms with Crippen LogP contribution in [0.15, 0.2) is 95.9 Å². The Hall–Kier alpha value is -5.06. The van der Waals surface area contributed by atoms with E-state index in [0.717, 1.165) is 95.0 Å². The molecule has 4 fully saturated rings. The number of fused-ring (bicyclic) bond motifs is 2. The number of nitrogens with one attached hydrogen (secondary N) is 2. The van der Waals surface area contributed by atoms with Crippen molar-refractivity contribution in [2.45, 2.75) is 62.0 Å². The average Bonchev–Trinajstić information content (AvgIpc) is 3.45. The highest BCUT2D eigenvalue weighted by Gasteiger charge is 2.38. The SMILES string of the molecule is CN1[C@@H]2CC[C@H]1CC(Cc1ccccc1CN1CCN(c3ccc(C(=O)NS(=O)(=O)c4ccc(NCCCN5CCOCC5)c([N+](=O)[O-])c4)c(Oc4ccccc4)c3)CC1)C2. The number of anilines is 2. The van der Waals surface area contributed by atoms with E-state index < -0.39 is 31.4 Å². The van der Waals surface area contributed by atoms with E-state index in [2.05, 4.69) is 61.0 Å². The number of amides is 1. The van der Waals surface area contributed by atoms with Gasteiger partial charge >= 0.3 is 0 Å². The zero-order valence-electron chi connectivity index (χ0n) is 34.9. The first kappa shape index (κ1) is 42.6. The standard InChI is InChI=1S/C46H57N7O7S/c1-49-37-12-13-38(49)30-34(29-37)28-35-8-5-6-9-36(35)33-51-20-22-52(23-21-51)39-14-16-42(45(31-39)60-40-10-3-2-4-11-40)46(54)48-61(57,58)41-15-17-43(44(32-41)53(55)56)47-18-7-19-50-24-26-59-27-25-50/h2-6,8-11,14-17,31-32,34,37-38,47H,7,12-13,18-30,33H2,1H3,(H,48,54)/t34?,37-,38+. The highest BCUT2D eigenvalue weighted by molar-refractivity contribution is 7.90. The van der Waals surface area contributed by atoms with Crippen molar-refractivity contribution < 1.29 is 27.6 Å². The second-order valence-electron chi connectivity index (χ2n) is 16.8. The quantitative estimate of drug-likeness (QED) is 0.0733. The van der Waals surface area contributed by atoms with Gasteiger partial charge in [0.15, 0.2) is 0 Å². The second kappa shape index (κ2) is 19.3. The molecule has 0 aliphatic carbocycles. The van der Waals surface area contributed by atoms with Crippen molar-refractivity contribution in [2.75, 3.05) is 82.8 Å². The zero-order chi connectivity index (χ0) is 42.3. The number of hydrogen-bond acceptors (Lipinski definition) is 12. The van der Waals surface area contributed by atoms with Gasteiger partial charge in [-0.1, -0.05) is 42.5 Å². The first-order valence-electron chi connectivity index (χ1n) is 21.6. The number of morpholine rings is 1. The molecule has 4 aromatic rings. The molecule has 2 bridgehead atoms. The number of nitro groups is 1. The van der Waals surface area contributed by atoms with Crippen molar-refractivity contribution in [3.63, 3.8) is 0 Å². The number of hydrogen-bond donors (Lipinski definition) is 2. The Morgan fingerprint density at radius 1 is 0.852 bits per heavy atom. The van der Waals surface area contributed by atoms with E-state index in [1.807, 2.05) is 24.3 Å². The fraction of sp³-hybridized carbons (Fsp3) is 0.457. The molecular weight excluding hydrogens is 795 g/mol. The van der Waals surface area contributed by atoms with Gasteiger partial charge in [0.2, 0.25) is 0 Å². The first-order chi connectivity index (χ1) is 29.6. The summed E-state index contributed by atoms with van der Waals surface area (Å²) in [7, 11) is -2.21. The molecule has 2 N–H and O–H groups in total. The number of nitrogens with zero attached hydrogens (tertiary/aromatic N) is 5. The van der Waals surface area contributed by atoms with Crippen LogP contribution in [0, 0.1) is 16.0 Å². The predicted molar refractivity (Wildman–Crippen MR) is 236 cm³/mol. The number of carbonyl (C=O) groups is 1. The maximum atomic E-state index is 13.8. The molecule has 0 spiro atoms. The summed E-state index contributed by atoms with van der Waals surface area (Å²) in [5, 5.41) is 15.1. The van der Waals surface area contributed by atoms with Crippen molar-refractivity contribution >= 4 is 33.0 Å². The monoisotopic (exact) mass is 851 g/mol. The molecule has 1 unspecified atom stereocenters. The third-order valence-corrected chi connectivity index (χ3v) is 14.2. The molecule has 1 amide bonds. The maximum absolute atomic E-state index is 13.8. The smallest absolute Gasteiger partial charge is 0.293 e. The summed E-state index contributed by atoms with van der Waals surface area (Å²) < 4.78 is 40.9. The summed E-state index contributed by atoms with van der Waals surface area (Å²) in [6.07, 6.45) is 7.13. The Morgan fingerprint density at radius 2 is 1.56 bits per heavy atom. The summed E-state index contributed by atoms with van der Waals surface area (Å²) >= 11 is 0. The molecule has 0 aromatic heterocycles. The lowest BCUT2D eigenvalue weighted by Gasteiger charge is -2.37. The van der Waals surface area contributed by atoms with Gasteiger partial charge in [0.05, 0.1) is 28.6 Å². The Kier molecular flexibility index (Phi) is 13.5. The van der Waals surface area contributed by atoms with Gasteiger partial charge < -0.3 is 24.6 Å². The maximum Gasteiger partial charge on any atom is 0.293 e. The molecule has 4 heterocycles. The lowest BCUT2D eigenvalue weighted by Crippen LogP contribution is -2.46. The van der Waals surface area contributed by atoms with Crippen molar-refractivity contribution in [3.8, 4) is 11.5 Å². The van der Waals surface area contributed by atoms with Crippen molar-refractivity contribution in [3.05, 3.63) is 118 Å². The molecule has 0 saturated carbocycles. The molecule has 14 nitrogen and oxygen atoms in total. The molecule has 61 heavy (non-hydrogen) atoms. The fourth-order valence-corrected chi connectivity index (χ4v) is 10.5. The number of sulfonamides is 1. The van der Waals surface area contributed by atoms with Crippen molar-refractivity contribution in [2.24, 2.45) is 5.92 Å². The molecule has 8 rings (SSSR count). The molecular formula is C46H57N7O7S. The highest BCUT2D eigenvalue weighted by atomic mass is 32.2. The Labute approximate surface area is 359 Å². The summed E-state index contributed by atoms with van der Waals surface area (Å²) in [4.78, 5) is 34.4. The first-order valence-corrected chi connectivity index (χ1v) is 23.1. The lowest BCUT2D eigenvalue weighted by atomic mass is 9.85. The second-order valence-corrected chi connectivity index (χ2v) is 18.5. The van der Waals surface area contributed by atoms with E-state index in [1.54, 1.807) is 24.3 Å². The summed E-state index contributed by atoms with van der Waals surface area (Å²) in [5.41, 5.74) is 3.54. The number of rotatable bonds is 16. The predicted octanol–water partition coefficient (Wildman–Crippen LogP) is 6.38. The van der Waals surface area contributed by atoms with Gasteiger partial charge in [-0.25, -0.2) is 13.1 Å². The number of nitro benzene ring substituents is 1. The van der Waals surface area contributed by atoms with Gasteiger partial charge in [-0.15, -0.1) is 0 Å². The summed E-state index contributed by atoms with van der Waals surface area (Å²) in [5.74, 6) is 0.497. The molecule has 4 aliphatic rings. The van der Waals surface area contributed by atoms with E-state index in [1.165, 1.54) is 48.9 Å². The number of ether oxygens (including phenoxy) is 2. The number of piperazine rings is 1. The van der Waals surface area contributed by atoms with Gasteiger partial charge in [-0.05, 0) is 106 Å². The van der Waals surface area contributed by atoms with Gasteiger partial charge in [-0.3, -0.25) is 24.7 Å². The topological polar surface area (TPSA) is 150 Å². The van der Waals surface area contributed by atoms with Crippen molar-refractivity contribution in [1.29, 1.82) is 0 Å². The molecule has 0 radical (unpaired) electrons. The van der Waals surface area contributed by atoms with Gasteiger partial charge in [0, 0.05) is 82.3 Å². The Morgan fingerprint density at radius 3 is 2.28 bits per heavy atom. The van der Waals surface area contributed by atoms with E-state index in [-0.39, 0.29) is 17.0 Å². The highest BCUT2D eigenvalue weighted by Crippen LogP contribution is 2.39. The third-order valence-electron chi connectivity index (χ3n) is 12.9. The third kappa shape index (κ3) is 10.5. The molecule has 4 aliphatic heterocycles. The van der Waals surface area contributed by atoms with Gasteiger partial charge in [0.25, 0.3) is 21.6 Å². The van der Waals surface area contributed by atoms with E-state index in [4.69, 9.17) is 9.47 Å². The Bertz CT molecular complexity index is 2250. The Balaban J connectivity index is 0.918. The van der Waals surface area contributed by atoms with Crippen molar-refractivity contribution in [1.82, 2.24) is 19.4 Å². The summed E-state index contributed by atoms with van der Waals surface area (Å²) in [6, 6.07) is 28.1. The van der Waals surface area contributed by atoms with Crippen LogP contribution in [0.2, 0.25) is 0 Å². The number of para-hydroxylation sites is 1. The molecule has 4 saturated heterocycles. The van der Waals surface area contributed by atoms with E-state index in [9.17, 15) is 23.3 Å². The minimum Gasteiger partial charge on any atom is -0.456 e. The minimum atomic E-state index is -4.51. The van der Waals surface area contributed by atoms with Crippen LogP contribution < -0.4 is 19.7 Å². The number of piperidine rings is 1. The fourth-order valence-electron chi connectivity index (χ4n) is 9.48. The number of benzene rings is 4. The van der Waals surface area contributed by atoms with Crippen LogP contribution in [0.4, 0.5) is 17.1 Å². The summed E-state index contributed by atoms with van der Waals surface area (Å²) in [6.45, 7) is 8.48. The van der Waals surface area contributed by atoms with Gasteiger partial charge in [-0.2, -0.15) is 0 Å². The molecule has 15 heteroatoms. The van der Waals surface area contributed by atoms with Crippen LogP contribution in [-0.4, -0.2) is 119 Å². The molecule has 324 valence electrons. The van der Waals surface area contributed by atoms with E-state index in [0.29, 0.717) is 25.5 Å². The van der Waals surface area contributed by atoms with Crippen LogP contribution in [0.25, 0.3) is 0 Å². The largest absolute Gasteiger partial charge is 0.456 e. The van der Waals surface area contributed by atoms with Crippen LogP contribution in [0.1, 0.15) is 53.6 Å². The molecule has 4 aromatic carbocycles. The lowest BCUT2D eigenvalue weighted by molar-refractivity contribution is -0.384. The normalized spacial score (nSPS) is 21.3. The van der Waals surface area contributed by atoms with Crippen LogP contribution >= 0.6 is 0 Å². The zero-order valence-corrected chi connectivity index (χ0v) is 35.7. The van der Waals surface area contributed by atoms with Crippen LogP contribution in [0.5, 0.6) is 11.5 Å². The average molecular weight is 852 g/mol. The minimum absolute atomic E-state index is 0.0112. The van der Waals surface area contributed by atoms with Crippen LogP contribution in [0.3, 0.4) is 0 Å². The van der Waals surface area contributed by atoms with Crippen LogP contribution in [-0.2, 0) is 27.7 Å². The van der Waals surface area contributed by atoms with Gasteiger partial charge in [0.1, 0.15) is 17.2 Å². The number of carbonyl (C=O) groups excluding carboxylic acids is 1.